The van der Waals surface area contributed by atoms with Crippen molar-refractivity contribution < 1.29 is 4.79 Å². The summed E-state index contributed by atoms with van der Waals surface area (Å²) in [6, 6.07) is 3.18. The largest absolute Gasteiger partial charge is 0.371 e. The lowest BCUT2D eigenvalue weighted by Crippen LogP contribution is -2.41. The van der Waals surface area contributed by atoms with Crippen molar-refractivity contribution >= 4 is 50.7 Å². The molecule has 1 saturated heterocycles. The van der Waals surface area contributed by atoms with E-state index in [1.165, 1.54) is 12.8 Å². The van der Waals surface area contributed by atoms with Crippen LogP contribution in [0.25, 0.3) is 0 Å². The predicted molar refractivity (Wildman–Crippen MR) is 92.3 cm³/mol. The number of hydrogen-bond donors (Lipinski definition) is 1. The van der Waals surface area contributed by atoms with Gasteiger partial charge in [0.1, 0.15) is 6.04 Å². The van der Waals surface area contributed by atoms with Gasteiger partial charge in [0.25, 0.3) is 0 Å². The third kappa shape index (κ3) is 4.51. The van der Waals surface area contributed by atoms with Crippen molar-refractivity contribution in [2.75, 3.05) is 18.4 Å². The number of carbonyl (C=O) groups is 1. The van der Waals surface area contributed by atoms with Crippen molar-refractivity contribution in [2.45, 2.75) is 38.6 Å². The minimum atomic E-state index is -0.348. The predicted octanol–water partition coefficient (Wildman–Crippen LogP) is 4.96. The monoisotopic (exact) mass is 392 g/mol. The van der Waals surface area contributed by atoms with Gasteiger partial charge < -0.3 is 10.2 Å². The average Bonchev–Trinajstić information content (AvgIpc) is 2.70. The average molecular weight is 394 g/mol. The second-order valence-corrected chi connectivity index (χ2v) is 7.08. The van der Waals surface area contributed by atoms with E-state index < -0.39 is 0 Å². The van der Waals surface area contributed by atoms with Crippen LogP contribution in [-0.2, 0) is 4.79 Å². The van der Waals surface area contributed by atoms with E-state index >= 15 is 0 Å². The van der Waals surface area contributed by atoms with Gasteiger partial charge in [0.15, 0.2) is 0 Å². The number of anilines is 1. The second kappa shape index (κ2) is 7.70. The summed E-state index contributed by atoms with van der Waals surface area (Å²) in [5, 5.41) is 4.16. The quantitative estimate of drug-likeness (QED) is 0.786. The summed E-state index contributed by atoms with van der Waals surface area (Å²) < 4.78 is 0.814. The molecule has 1 aliphatic rings. The summed E-state index contributed by atoms with van der Waals surface area (Å²) in [7, 11) is 0. The number of likely N-dealkylation sites (tertiary alicyclic amines) is 1. The first-order valence-corrected chi connectivity index (χ1v) is 8.74. The van der Waals surface area contributed by atoms with E-state index in [1.54, 1.807) is 12.1 Å². The normalized spacial score (nSPS) is 17.2. The molecule has 1 aromatic rings. The van der Waals surface area contributed by atoms with E-state index in [1.807, 2.05) is 11.8 Å². The molecule has 1 aromatic carbocycles. The molecule has 6 heteroatoms. The molecular weight excluding hydrogens is 375 g/mol. The maximum absolute atomic E-state index is 12.5. The van der Waals surface area contributed by atoms with E-state index in [2.05, 4.69) is 21.2 Å². The van der Waals surface area contributed by atoms with Crippen molar-refractivity contribution in [2.24, 2.45) is 0 Å². The summed E-state index contributed by atoms with van der Waals surface area (Å²) in [5.41, 5.74) is 0.609. The van der Waals surface area contributed by atoms with E-state index in [9.17, 15) is 4.79 Å². The maximum Gasteiger partial charge on any atom is 0.244 e. The van der Waals surface area contributed by atoms with Crippen LogP contribution in [0.1, 0.15) is 32.6 Å². The second-order valence-electron chi connectivity index (χ2n) is 5.35. The number of halogens is 3. The van der Waals surface area contributed by atoms with Gasteiger partial charge in [-0.1, -0.05) is 52.0 Å². The molecule has 0 bridgehead atoms. The summed E-state index contributed by atoms with van der Waals surface area (Å²) in [6.07, 6.45) is 4.57. The van der Waals surface area contributed by atoms with Gasteiger partial charge >= 0.3 is 0 Å². The number of hydrogen-bond acceptors (Lipinski definition) is 2. The van der Waals surface area contributed by atoms with Crippen molar-refractivity contribution in [3.8, 4) is 0 Å². The van der Waals surface area contributed by atoms with E-state index in [-0.39, 0.29) is 11.9 Å². The summed E-state index contributed by atoms with van der Waals surface area (Å²) >= 11 is 15.7. The van der Waals surface area contributed by atoms with Crippen LogP contribution in [-0.4, -0.2) is 29.9 Å². The highest BCUT2D eigenvalue weighted by molar-refractivity contribution is 9.10. The highest BCUT2D eigenvalue weighted by Crippen LogP contribution is 2.34. The fourth-order valence-electron chi connectivity index (χ4n) is 2.52. The minimum Gasteiger partial charge on any atom is -0.371 e. The van der Waals surface area contributed by atoms with Crippen LogP contribution >= 0.6 is 39.1 Å². The highest BCUT2D eigenvalue weighted by atomic mass is 79.9. The maximum atomic E-state index is 12.5. The van der Waals surface area contributed by atoms with Crippen LogP contribution < -0.4 is 5.32 Å². The molecule has 1 aliphatic heterocycles. The first-order valence-electron chi connectivity index (χ1n) is 7.19. The van der Waals surface area contributed by atoms with Crippen molar-refractivity contribution in [3.63, 3.8) is 0 Å². The van der Waals surface area contributed by atoms with Gasteiger partial charge in [-0.25, -0.2) is 0 Å². The molecule has 1 fully saturated rings. The van der Waals surface area contributed by atoms with Gasteiger partial charge in [-0.3, -0.25) is 4.79 Å². The molecule has 0 aromatic heterocycles. The molecule has 21 heavy (non-hydrogen) atoms. The Balaban J connectivity index is 2.06. The number of benzene rings is 1. The molecule has 0 spiro atoms. The van der Waals surface area contributed by atoms with Crippen LogP contribution in [0.3, 0.4) is 0 Å². The molecule has 1 N–H and O–H groups in total. The number of rotatable bonds is 3. The van der Waals surface area contributed by atoms with Gasteiger partial charge in [-0.2, -0.15) is 0 Å². The zero-order valence-corrected chi connectivity index (χ0v) is 15.1. The molecule has 0 saturated carbocycles. The molecule has 0 aliphatic carbocycles. The summed E-state index contributed by atoms with van der Waals surface area (Å²) in [5.74, 6) is 0.104. The molecule has 1 heterocycles. The van der Waals surface area contributed by atoms with Crippen LogP contribution in [0.5, 0.6) is 0 Å². The smallest absolute Gasteiger partial charge is 0.244 e. The Labute approximate surface area is 144 Å². The highest BCUT2D eigenvalue weighted by Gasteiger charge is 2.22. The molecule has 116 valence electrons. The van der Waals surface area contributed by atoms with E-state index in [0.29, 0.717) is 15.7 Å². The Kier molecular flexibility index (Phi) is 6.20. The van der Waals surface area contributed by atoms with Crippen molar-refractivity contribution in [1.82, 2.24) is 4.90 Å². The van der Waals surface area contributed by atoms with Crippen LogP contribution in [0, 0.1) is 0 Å². The van der Waals surface area contributed by atoms with E-state index in [0.717, 1.165) is 30.4 Å². The third-order valence-electron chi connectivity index (χ3n) is 3.66. The molecule has 1 amide bonds. The Morgan fingerprint density at radius 2 is 1.71 bits per heavy atom. The Morgan fingerprint density at radius 3 is 2.24 bits per heavy atom. The van der Waals surface area contributed by atoms with Crippen molar-refractivity contribution in [1.29, 1.82) is 0 Å². The molecule has 3 nitrogen and oxygen atoms in total. The van der Waals surface area contributed by atoms with Crippen LogP contribution in [0.2, 0.25) is 10.0 Å². The first kappa shape index (κ1) is 16.9. The number of amides is 1. The summed E-state index contributed by atoms with van der Waals surface area (Å²) in [4.78, 5) is 14.4. The molecule has 2 rings (SSSR count). The fraction of sp³-hybridized carbons (Fsp3) is 0.533. The van der Waals surface area contributed by atoms with Gasteiger partial charge in [0, 0.05) is 17.6 Å². The Bertz CT molecular complexity index is 493. The topological polar surface area (TPSA) is 32.3 Å². The minimum absolute atomic E-state index is 0.104. The standard InChI is InChI=1S/C15H19BrCl2N2O/c1-10(15(21)20-6-4-2-3-5-7-20)19-14-12(17)8-11(16)9-13(14)18/h8-10,19H,2-7H2,1H3. The summed E-state index contributed by atoms with van der Waals surface area (Å²) in [6.45, 7) is 3.53. The molecule has 1 atom stereocenters. The zero-order chi connectivity index (χ0) is 15.4. The number of nitrogens with one attached hydrogen (secondary N) is 1. The van der Waals surface area contributed by atoms with E-state index in [4.69, 9.17) is 23.2 Å². The van der Waals surface area contributed by atoms with Crippen LogP contribution in [0.4, 0.5) is 5.69 Å². The van der Waals surface area contributed by atoms with Crippen LogP contribution in [0.15, 0.2) is 16.6 Å². The van der Waals surface area contributed by atoms with Gasteiger partial charge in [0.05, 0.1) is 15.7 Å². The third-order valence-corrected chi connectivity index (χ3v) is 4.71. The Hall–Kier alpha value is -0.450. The fourth-order valence-corrected chi connectivity index (χ4v) is 3.84. The lowest BCUT2D eigenvalue weighted by molar-refractivity contribution is -0.131. The van der Waals surface area contributed by atoms with Gasteiger partial charge in [0.2, 0.25) is 5.91 Å². The van der Waals surface area contributed by atoms with Gasteiger partial charge in [-0.05, 0) is 31.9 Å². The SMILES string of the molecule is CC(Nc1c(Cl)cc(Br)cc1Cl)C(=O)N1CCCCCC1. The lowest BCUT2D eigenvalue weighted by atomic mass is 10.2. The molecule has 1 unspecified atom stereocenters. The number of carbonyl (C=O) groups excluding carboxylic acids is 1. The lowest BCUT2D eigenvalue weighted by Gasteiger charge is -2.25. The molecule has 0 radical (unpaired) electrons. The zero-order valence-electron chi connectivity index (χ0n) is 12.0. The van der Waals surface area contributed by atoms with Gasteiger partial charge in [-0.15, -0.1) is 0 Å². The van der Waals surface area contributed by atoms with Crippen molar-refractivity contribution in [3.05, 3.63) is 26.7 Å². The first-order chi connectivity index (χ1) is 9.99. The number of nitrogens with zero attached hydrogens (tertiary/aromatic N) is 1. The molecular formula is C15H19BrCl2N2O. The Morgan fingerprint density at radius 1 is 1.19 bits per heavy atom.